The first-order chi connectivity index (χ1) is 9.42. The molecule has 0 saturated carbocycles. The van der Waals surface area contributed by atoms with Crippen LogP contribution in [0.3, 0.4) is 0 Å². The van der Waals surface area contributed by atoms with Gasteiger partial charge in [0.25, 0.3) is 0 Å². The van der Waals surface area contributed by atoms with Gasteiger partial charge in [-0.15, -0.1) is 11.3 Å². The number of aryl methyl sites for hydroxylation is 1. The van der Waals surface area contributed by atoms with Crippen LogP contribution in [0.15, 0.2) is 29.7 Å². The summed E-state index contributed by atoms with van der Waals surface area (Å²) in [4.78, 5) is 5.87. The normalized spacial score (nSPS) is 13.6. The summed E-state index contributed by atoms with van der Waals surface area (Å²) in [7, 11) is -3.51. The first kappa shape index (κ1) is 15.2. The Morgan fingerprint density at radius 1 is 1.55 bits per heavy atom. The molecular weight excluding hydrogens is 296 g/mol. The fourth-order valence-electron chi connectivity index (χ4n) is 1.97. The van der Waals surface area contributed by atoms with Gasteiger partial charge >= 0.3 is 0 Å². The molecule has 0 aliphatic rings. The van der Waals surface area contributed by atoms with Crippen LogP contribution in [0.4, 0.5) is 0 Å². The van der Waals surface area contributed by atoms with Crippen LogP contribution in [0.2, 0.25) is 0 Å². The molecule has 0 amide bonds. The maximum atomic E-state index is 12.4. The van der Waals surface area contributed by atoms with Crippen LogP contribution in [0.25, 0.3) is 0 Å². The number of hydrogen-bond donors (Lipinski definition) is 2. The van der Waals surface area contributed by atoms with Gasteiger partial charge in [0, 0.05) is 41.3 Å². The first-order valence-electron chi connectivity index (χ1n) is 6.20. The molecule has 1 unspecified atom stereocenters. The summed E-state index contributed by atoms with van der Waals surface area (Å²) < 4.78 is 29.2. The molecule has 0 saturated heterocycles. The van der Waals surface area contributed by atoms with Crippen molar-refractivity contribution in [1.82, 2.24) is 14.3 Å². The molecule has 0 aliphatic carbocycles. The summed E-state index contributed by atoms with van der Waals surface area (Å²) >= 11 is 1.41. The molecule has 2 rings (SSSR count). The van der Waals surface area contributed by atoms with E-state index in [1.54, 1.807) is 31.7 Å². The molecule has 2 heterocycles. The summed E-state index contributed by atoms with van der Waals surface area (Å²) in [6.07, 6.45) is 5.12. The van der Waals surface area contributed by atoms with Crippen LogP contribution in [-0.2, 0) is 23.1 Å². The highest BCUT2D eigenvalue weighted by molar-refractivity contribution is 7.89. The van der Waals surface area contributed by atoms with E-state index in [2.05, 4.69) is 9.71 Å². The second-order valence-electron chi connectivity index (χ2n) is 4.62. The molecule has 0 fully saturated rings. The molecule has 110 valence electrons. The number of rotatable bonds is 6. The Kier molecular flexibility index (Phi) is 4.59. The highest BCUT2D eigenvalue weighted by Crippen LogP contribution is 2.25. The Labute approximate surface area is 122 Å². The SMILES string of the molecule is Cc1sc(CN)cc1S(=O)(=O)NC(C)Cn1ccnc1. The highest BCUT2D eigenvalue weighted by atomic mass is 32.2. The van der Waals surface area contributed by atoms with E-state index in [1.807, 2.05) is 11.5 Å². The quantitative estimate of drug-likeness (QED) is 0.835. The van der Waals surface area contributed by atoms with Gasteiger partial charge in [0.2, 0.25) is 10.0 Å². The molecular formula is C12H18N4O2S2. The van der Waals surface area contributed by atoms with Gasteiger partial charge in [-0.1, -0.05) is 0 Å². The average molecular weight is 314 g/mol. The Bertz CT molecular complexity index is 662. The summed E-state index contributed by atoms with van der Waals surface area (Å²) in [6, 6.07) is 1.42. The van der Waals surface area contributed by atoms with Crippen molar-refractivity contribution in [3.63, 3.8) is 0 Å². The lowest BCUT2D eigenvalue weighted by molar-refractivity contribution is 0.520. The van der Waals surface area contributed by atoms with E-state index in [0.29, 0.717) is 18.0 Å². The van der Waals surface area contributed by atoms with E-state index in [0.717, 1.165) is 9.75 Å². The van der Waals surface area contributed by atoms with E-state index in [9.17, 15) is 8.42 Å². The molecule has 1 atom stereocenters. The van der Waals surface area contributed by atoms with Crippen LogP contribution >= 0.6 is 11.3 Å². The van der Waals surface area contributed by atoms with E-state index in [-0.39, 0.29) is 6.04 Å². The van der Waals surface area contributed by atoms with Crippen molar-refractivity contribution in [3.05, 3.63) is 34.5 Å². The van der Waals surface area contributed by atoms with E-state index < -0.39 is 10.0 Å². The van der Waals surface area contributed by atoms with E-state index >= 15 is 0 Å². The van der Waals surface area contributed by atoms with Gasteiger partial charge in [-0.3, -0.25) is 0 Å². The van der Waals surface area contributed by atoms with Crippen LogP contribution in [-0.4, -0.2) is 24.0 Å². The first-order valence-corrected chi connectivity index (χ1v) is 8.50. The second kappa shape index (κ2) is 6.04. The van der Waals surface area contributed by atoms with E-state index in [4.69, 9.17) is 5.73 Å². The van der Waals surface area contributed by atoms with Crippen LogP contribution < -0.4 is 10.5 Å². The second-order valence-corrected chi connectivity index (χ2v) is 7.64. The van der Waals surface area contributed by atoms with Gasteiger partial charge in [-0.25, -0.2) is 18.1 Å². The van der Waals surface area contributed by atoms with Gasteiger partial charge in [-0.05, 0) is 19.9 Å². The van der Waals surface area contributed by atoms with E-state index in [1.165, 1.54) is 11.3 Å². The predicted octanol–water partition coefficient (Wildman–Crippen LogP) is 1.08. The monoisotopic (exact) mass is 314 g/mol. The zero-order valence-corrected chi connectivity index (χ0v) is 13.0. The van der Waals surface area contributed by atoms with Crippen LogP contribution in [0.1, 0.15) is 16.7 Å². The van der Waals surface area contributed by atoms with Crippen molar-refractivity contribution in [1.29, 1.82) is 0 Å². The maximum absolute atomic E-state index is 12.4. The van der Waals surface area contributed by atoms with Crippen molar-refractivity contribution in [2.45, 2.75) is 37.9 Å². The Morgan fingerprint density at radius 2 is 2.30 bits per heavy atom. The third-order valence-electron chi connectivity index (χ3n) is 2.81. The third-order valence-corrected chi connectivity index (χ3v) is 5.73. The molecule has 20 heavy (non-hydrogen) atoms. The number of hydrogen-bond acceptors (Lipinski definition) is 5. The van der Waals surface area contributed by atoms with Gasteiger partial charge in [-0.2, -0.15) is 0 Å². The molecule has 2 aromatic heterocycles. The Balaban J connectivity index is 2.12. The molecule has 0 aromatic carbocycles. The van der Waals surface area contributed by atoms with Crippen molar-refractivity contribution >= 4 is 21.4 Å². The molecule has 2 aromatic rings. The summed E-state index contributed by atoms with van der Waals surface area (Å²) in [5, 5.41) is 0. The largest absolute Gasteiger partial charge is 0.336 e. The predicted molar refractivity (Wildman–Crippen MR) is 79.0 cm³/mol. The standard InChI is InChI=1S/C12H18N4O2S2/c1-9(7-16-4-3-14-8-16)15-20(17,18)12-5-11(6-13)19-10(12)2/h3-5,8-9,15H,6-7,13H2,1-2H3. The van der Waals surface area contributed by atoms with Crippen molar-refractivity contribution < 1.29 is 8.42 Å². The average Bonchev–Trinajstić information content (AvgIpc) is 2.97. The molecule has 0 spiro atoms. The van der Waals surface area contributed by atoms with Crippen molar-refractivity contribution in [3.8, 4) is 0 Å². The molecule has 0 aliphatic heterocycles. The number of thiophene rings is 1. The minimum Gasteiger partial charge on any atom is -0.336 e. The van der Waals surface area contributed by atoms with Gasteiger partial charge < -0.3 is 10.3 Å². The molecule has 0 radical (unpaired) electrons. The number of nitrogens with two attached hydrogens (primary N) is 1. The lowest BCUT2D eigenvalue weighted by atomic mass is 10.4. The van der Waals surface area contributed by atoms with Gasteiger partial charge in [0.05, 0.1) is 11.2 Å². The van der Waals surface area contributed by atoms with Gasteiger partial charge in [0.1, 0.15) is 0 Å². The molecule has 3 N–H and O–H groups in total. The highest BCUT2D eigenvalue weighted by Gasteiger charge is 2.21. The minimum atomic E-state index is -3.51. The summed E-state index contributed by atoms with van der Waals surface area (Å²) in [5.74, 6) is 0. The summed E-state index contributed by atoms with van der Waals surface area (Å²) in [5.41, 5.74) is 5.55. The number of sulfonamides is 1. The number of nitrogens with one attached hydrogen (secondary N) is 1. The molecule has 8 heteroatoms. The smallest absolute Gasteiger partial charge is 0.241 e. The zero-order chi connectivity index (χ0) is 14.8. The number of imidazole rings is 1. The lowest BCUT2D eigenvalue weighted by Gasteiger charge is -2.14. The Morgan fingerprint density at radius 3 is 2.85 bits per heavy atom. The molecule has 0 bridgehead atoms. The number of nitrogens with zero attached hydrogens (tertiary/aromatic N) is 2. The van der Waals surface area contributed by atoms with Crippen LogP contribution in [0, 0.1) is 6.92 Å². The lowest BCUT2D eigenvalue weighted by Crippen LogP contribution is -2.35. The maximum Gasteiger partial charge on any atom is 0.241 e. The Hall–Kier alpha value is -1.22. The molecule has 6 nitrogen and oxygen atoms in total. The van der Waals surface area contributed by atoms with Crippen molar-refractivity contribution in [2.24, 2.45) is 5.73 Å². The topological polar surface area (TPSA) is 90.0 Å². The fourth-order valence-corrected chi connectivity index (χ4v) is 4.72. The third kappa shape index (κ3) is 3.45. The van der Waals surface area contributed by atoms with Crippen LogP contribution in [0.5, 0.6) is 0 Å². The van der Waals surface area contributed by atoms with Gasteiger partial charge in [0.15, 0.2) is 0 Å². The minimum absolute atomic E-state index is 0.227. The fraction of sp³-hybridized carbons (Fsp3) is 0.417. The summed E-state index contributed by atoms with van der Waals surface area (Å²) in [6.45, 7) is 4.50. The zero-order valence-electron chi connectivity index (χ0n) is 11.4. The number of aromatic nitrogens is 2. The van der Waals surface area contributed by atoms with Crippen molar-refractivity contribution in [2.75, 3.05) is 0 Å².